The lowest BCUT2D eigenvalue weighted by Crippen LogP contribution is -2.21. The SMILES string of the molecule is CCN(CC)CC.F.F.F.F.F. The monoisotopic (exact) mass is 201 g/mol. The normalized spacial score (nSPS) is 6.00. The Balaban J connectivity index is -0.0000000180. The van der Waals surface area contributed by atoms with Gasteiger partial charge in [-0.05, 0) is 19.6 Å². The summed E-state index contributed by atoms with van der Waals surface area (Å²) in [5.41, 5.74) is 0. The van der Waals surface area contributed by atoms with Gasteiger partial charge in [0.05, 0.1) is 0 Å². The Morgan fingerprint density at radius 3 is 0.750 bits per heavy atom. The highest BCUT2D eigenvalue weighted by molar-refractivity contribution is 4.43. The molecule has 0 aromatic rings. The van der Waals surface area contributed by atoms with Gasteiger partial charge >= 0.3 is 0 Å². The highest BCUT2D eigenvalue weighted by Gasteiger charge is 1.89. The van der Waals surface area contributed by atoms with Gasteiger partial charge < -0.3 is 4.90 Å². The molecule has 0 amide bonds. The summed E-state index contributed by atoms with van der Waals surface area (Å²) in [5, 5.41) is 0. The van der Waals surface area contributed by atoms with Crippen molar-refractivity contribution in [1.29, 1.82) is 0 Å². The number of hydrogen-bond donors (Lipinski definition) is 0. The van der Waals surface area contributed by atoms with Gasteiger partial charge in [0.1, 0.15) is 0 Å². The van der Waals surface area contributed by atoms with Crippen LogP contribution in [0.4, 0.5) is 23.5 Å². The van der Waals surface area contributed by atoms with Crippen LogP contribution in [0.15, 0.2) is 0 Å². The van der Waals surface area contributed by atoms with E-state index in [4.69, 9.17) is 0 Å². The quantitative estimate of drug-likeness (QED) is 0.632. The number of hydrogen-bond acceptors (Lipinski definition) is 1. The van der Waals surface area contributed by atoms with E-state index in [9.17, 15) is 0 Å². The third-order valence-corrected chi connectivity index (χ3v) is 1.34. The molecular weight excluding hydrogens is 181 g/mol. The average Bonchev–Trinajstić information content (AvgIpc) is 1.72. The molecular formula is C6H20F5N. The van der Waals surface area contributed by atoms with Gasteiger partial charge in [-0.25, -0.2) is 0 Å². The van der Waals surface area contributed by atoms with Crippen LogP contribution in [0.5, 0.6) is 0 Å². The maximum atomic E-state index is 2.38. The van der Waals surface area contributed by atoms with Gasteiger partial charge in [0.25, 0.3) is 0 Å². The number of halogens is 5. The van der Waals surface area contributed by atoms with Crippen LogP contribution >= 0.6 is 0 Å². The second kappa shape index (κ2) is 31.1. The molecule has 0 aliphatic rings. The molecule has 0 saturated carbocycles. The molecule has 0 radical (unpaired) electrons. The first-order valence-corrected chi connectivity index (χ1v) is 3.07. The van der Waals surface area contributed by atoms with E-state index >= 15 is 0 Å². The Bertz CT molecular complexity index is 37.4. The largest absolute Gasteiger partial charge is 0.304 e. The van der Waals surface area contributed by atoms with Crippen LogP contribution in [0.3, 0.4) is 0 Å². The molecule has 0 aromatic carbocycles. The number of rotatable bonds is 3. The van der Waals surface area contributed by atoms with Crippen LogP contribution in [-0.4, -0.2) is 24.5 Å². The first kappa shape index (κ1) is 41.5. The van der Waals surface area contributed by atoms with Crippen molar-refractivity contribution < 1.29 is 23.5 Å². The Kier molecular flexibility index (Phi) is 108. The van der Waals surface area contributed by atoms with E-state index in [0.29, 0.717) is 0 Å². The Hall–Kier alpha value is -0.390. The zero-order valence-corrected chi connectivity index (χ0v) is 7.61. The first-order chi connectivity index (χ1) is 3.35. The summed E-state index contributed by atoms with van der Waals surface area (Å²) in [4.78, 5) is 2.38. The lowest BCUT2D eigenvalue weighted by atomic mass is 10.5. The van der Waals surface area contributed by atoms with Crippen molar-refractivity contribution in [3.63, 3.8) is 0 Å². The summed E-state index contributed by atoms with van der Waals surface area (Å²) >= 11 is 0. The molecule has 0 aliphatic carbocycles. The van der Waals surface area contributed by atoms with Crippen LogP contribution in [0.25, 0.3) is 0 Å². The summed E-state index contributed by atoms with van der Waals surface area (Å²) < 4.78 is 0. The molecule has 0 aromatic heterocycles. The minimum atomic E-state index is 0. The van der Waals surface area contributed by atoms with Crippen molar-refractivity contribution in [3.8, 4) is 0 Å². The van der Waals surface area contributed by atoms with Gasteiger partial charge in [0.2, 0.25) is 0 Å². The predicted molar refractivity (Wildman–Crippen MR) is 46.0 cm³/mol. The molecule has 0 bridgehead atoms. The standard InChI is InChI=1S/C6H15N.5FH/c1-4-7(5-2)6-3;;;;;/h4-6H2,1-3H3;5*1H. The summed E-state index contributed by atoms with van der Waals surface area (Å²) in [6.07, 6.45) is 0. The molecule has 0 atom stereocenters. The Morgan fingerprint density at radius 1 is 0.583 bits per heavy atom. The predicted octanol–water partition coefficient (Wildman–Crippen LogP) is 2.11. The number of nitrogens with zero attached hydrogens (tertiary/aromatic N) is 1. The summed E-state index contributed by atoms with van der Waals surface area (Å²) in [7, 11) is 0. The van der Waals surface area contributed by atoms with Crippen molar-refractivity contribution in [3.05, 3.63) is 0 Å². The lowest BCUT2D eigenvalue weighted by molar-refractivity contribution is 0.321. The minimum Gasteiger partial charge on any atom is -0.304 e. The minimum absolute atomic E-state index is 0. The molecule has 0 heterocycles. The summed E-state index contributed by atoms with van der Waals surface area (Å²) in [6, 6.07) is 0. The fourth-order valence-electron chi connectivity index (χ4n) is 0.671. The van der Waals surface area contributed by atoms with Gasteiger partial charge in [-0.15, -0.1) is 0 Å². The molecule has 0 fully saturated rings. The molecule has 1 nitrogen and oxygen atoms in total. The van der Waals surface area contributed by atoms with Gasteiger partial charge in [-0.1, -0.05) is 20.8 Å². The highest BCUT2D eigenvalue weighted by Crippen LogP contribution is 1.81. The molecule has 12 heavy (non-hydrogen) atoms. The molecule has 0 aliphatic heterocycles. The van der Waals surface area contributed by atoms with Crippen LogP contribution < -0.4 is 0 Å². The second-order valence-corrected chi connectivity index (χ2v) is 1.62. The Morgan fingerprint density at radius 2 is 0.750 bits per heavy atom. The molecule has 0 unspecified atom stereocenters. The maximum Gasteiger partial charge on any atom is -0.00474 e. The van der Waals surface area contributed by atoms with E-state index in [1.165, 1.54) is 19.6 Å². The third kappa shape index (κ3) is 22.6. The van der Waals surface area contributed by atoms with Crippen molar-refractivity contribution in [1.82, 2.24) is 4.90 Å². The van der Waals surface area contributed by atoms with E-state index in [1.807, 2.05) is 0 Å². The zero-order chi connectivity index (χ0) is 5.70. The second-order valence-electron chi connectivity index (χ2n) is 1.62. The molecule has 0 N–H and O–H groups in total. The van der Waals surface area contributed by atoms with Crippen molar-refractivity contribution in [2.45, 2.75) is 20.8 Å². The van der Waals surface area contributed by atoms with Crippen molar-refractivity contribution >= 4 is 0 Å². The van der Waals surface area contributed by atoms with Gasteiger partial charge in [-0.2, -0.15) is 0 Å². The molecule has 6 heteroatoms. The van der Waals surface area contributed by atoms with Crippen LogP contribution in [0, 0.1) is 0 Å². The fourth-order valence-corrected chi connectivity index (χ4v) is 0.671. The van der Waals surface area contributed by atoms with Crippen LogP contribution in [-0.2, 0) is 0 Å². The van der Waals surface area contributed by atoms with Gasteiger partial charge in [-0.3, -0.25) is 23.5 Å². The van der Waals surface area contributed by atoms with E-state index in [0.717, 1.165) is 0 Å². The van der Waals surface area contributed by atoms with Gasteiger partial charge in [0.15, 0.2) is 0 Å². The fraction of sp³-hybridized carbons (Fsp3) is 1.00. The maximum absolute atomic E-state index is 2.38. The zero-order valence-electron chi connectivity index (χ0n) is 7.61. The van der Waals surface area contributed by atoms with E-state index in [1.54, 1.807) is 0 Å². The molecule has 84 valence electrons. The Labute approximate surface area is 70.0 Å². The molecule has 0 rings (SSSR count). The van der Waals surface area contributed by atoms with Crippen molar-refractivity contribution in [2.24, 2.45) is 0 Å². The first-order valence-electron chi connectivity index (χ1n) is 3.07. The van der Waals surface area contributed by atoms with E-state index in [2.05, 4.69) is 25.7 Å². The molecule has 0 saturated heterocycles. The van der Waals surface area contributed by atoms with Crippen LogP contribution in [0.2, 0.25) is 0 Å². The highest BCUT2D eigenvalue weighted by atomic mass is 19.0. The summed E-state index contributed by atoms with van der Waals surface area (Å²) in [5.74, 6) is 0. The molecule has 0 spiro atoms. The van der Waals surface area contributed by atoms with E-state index in [-0.39, 0.29) is 23.5 Å². The smallest absolute Gasteiger partial charge is 0.00474 e. The topological polar surface area (TPSA) is 3.24 Å². The van der Waals surface area contributed by atoms with Gasteiger partial charge in [0, 0.05) is 0 Å². The van der Waals surface area contributed by atoms with E-state index < -0.39 is 0 Å². The third-order valence-electron chi connectivity index (χ3n) is 1.34. The van der Waals surface area contributed by atoms with Crippen molar-refractivity contribution in [2.75, 3.05) is 19.6 Å². The average molecular weight is 201 g/mol. The lowest BCUT2D eigenvalue weighted by Gasteiger charge is -2.13. The summed E-state index contributed by atoms with van der Waals surface area (Å²) in [6.45, 7) is 10.1. The van der Waals surface area contributed by atoms with Crippen LogP contribution in [0.1, 0.15) is 20.8 Å².